The van der Waals surface area contributed by atoms with Crippen molar-refractivity contribution in [3.05, 3.63) is 71.9 Å². The maximum Gasteiger partial charge on any atom is 0.321 e. The number of para-hydroxylation sites is 1. The van der Waals surface area contributed by atoms with Gasteiger partial charge in [-0.3, -0.25) is 14.9 Å². The zero-order valence-electron chi connectivity index (χ0n) is 16.1. The Bertz CT molecular complexity index is 997. The van der Waals surface area contributed by atoms with Gasteiger partial charge in [0.25, 0.3) is 5.91 Å². The lowest BCUT2D eigenvalue weighted by molar-refractivity contribution is -0.156. The van der Waals surface area contributed by atoms with Crippen molar-refractivity contribution in [3.8, 4) is 0 Å². The van der Waals surface area contributed by atoms with Crippen LogP contribution in [0, 0.1) is 0 Å². The molecule has 0 unspecified atom stereocenters. The van der Waals surface area contributed by atoms with E-state index in [4.69, 9.17) is 4.74 Å². The number of urea groups is 1. The lowest BCUT2D eigenvalue weighted by Gasteiger charge is -2.17. The summed E-state index contributed by atoms with van der Waals surface area (Å²) in [6, 6.07) is 15.8. The molecule has 29 heavy (non-hydrogen) atoms. The molecule has 0 aliphatic carbocycles. The maximum absolute atomic E-state index is 12.5. The number of ether oxygens (including phenoxy) is 1. The second-order valence-corrected chi connectivity index (χ2v) is 6.49. The monoisotopic (exact) mass is 393 g/mol. The molecule has 0 radical (unpaired) electrons. The van der Waals surface area contributed by atoms with Gasteiger partial charge in [-0.05, 0) is 25.0 Å². The molecule has 7 heteroatoms. The Morgan fingerprint density at radius 3 is 2.52 bits per heavy atom. The molecule has 1 heterocycles. The molecule has 1 aromatic heterocycles. The van der Waals surface area contributed by atoms with E-state index < -0.39 is 24.0 Å². The van der Waals surface area contributed by atoms with E-state index in [9.17, 15) is 14.4 Å². The summed E-state index contributed by atoms with van der Waals surface area (Å²) in [6.07, 6.45) is 1.25. The molecule has 3 rings (SSSR count). The van der Waals surface area contributed by atoms with Crippen molar-refractivity contribution < 1.29 is 19.1 Å². The lowest BCUT2D eigenvalue weighted by atomic mass is 10.1. The average Bonchev–Trinajstić information content (AvgIpc) is 3.14. The SMILES string of the molecule is CCNC(=O)NC(=O)[C@H](OC(=O)CCc1c[nH]c2ccccc12)c1ccccc1. The van der Waals surface area contributed by atoms with E-state index in [0.717, 1.165) is 16.5 Å². The number of rotatable bonds is 7. The molecule has 7 nitrogen and oxygen atoms in total. The van der Waals surface area contributed by atoms with Gasteiger partial charge in [-0.1, -0.05) is 48.5 Å². The van der Waals surface area contributed by atoms with Crippen molar-refractivity contribution in [1.29, 1.82) is 0 Å². The first-order valence-electron chi connectivity index (χ1n) is 9.46. The standard InChI is InChI=1S/C22H23N3O4/c1-2-23-22(28)25-21(27)20(15-8-4-3-5-9-15)29-19(26)13-12-16-14-24-18-11-7-6-10-17(16)18/h3-11,14,20,24H,2,12-13H2,1H3,(H2,23,25,27,28)/t20-/m1/s1. The second-order valence-electron chi connectivity index (χ2n) is 6.49. The molecule has 2 aromatic carbocycles. The number of aromatic amines is 1. The average molecular weight is 393 g/mol. The van der Waals surface area contributed by atoms with Crippen LogP contribution >= 0.6 is 0 Å². The van der Waals surface area contributed by atoms with Crippen molar-refractivity contribution in [2.24, 2.45) is 0 Å². The Labute approximate surface area is 168 Å². The number of amides is 3. The highest BCUT2D eigenvalue weighted by Crippen LogP contribution is 2.21. The number of aromatic nitrogens is 1. The van der Waals surface area contributed by atoms with Crippen LogP contribution in [0.5, 0.6) is 0 Å². The van der Waals surface area contributed by atoms with E-state index in [1.807, 2.05) is 30.5 Å². The summed E-state index contributed by atoms with van der Waals surface area (Å²) in [5, 5.41) is 5.74. The minimum atomic E-state index is -1.20. The third-order valence-electron chi connectivity index (χ3n) is 4.44. The first kappa shape index (κ1) is 20.1. The third kappa shape index (κ3) is 5.22. The molecule has 0 saturated heterocycles. The van der Waals surface area contributed by atoms with Crippen LogP contribution in [-0.4, -0.2) is 29.4 Å². The van der Waals surface area contributed by atoms with E-state index in [0.29, 0.717) is 18.5 Å². The van der Waals surface area contributed by atoms with Crippen LogP contribution in [0.1, 0.15) is 30.6 Å². The summed E-state index contributed by atoms with van der Waals surface area (Å²) in [5.41, 5.74) is 2.50. The van der Waals surface area contributed by atoms with E-state index in [1.165, 1.54) is 0 Å². The summed E-state index contributed by atoms with van der Waals surface area (Å²) in [4.78, 5) is 39.8. The van der Waals surface area contributed by atoms with Gasteiger partial charge in [0, 0.05) is 35.6 Å². The number of fused-ring (bicyclic) bond motifs is 1. The Kier molecular flexibility index (Phi) is 6.63. The molecule has 3 N–H and O–H groups in total. The van der Waals surface area contributed by atoms with Gasteiger partial charge >= 0.3 is 12.0 Å². The topological polar surface area (TPSA) is 100 Å². The maximum atomic E-state index is 12.5. The van der Waals surface area contributed by atoms with Crippen molar-refractivity contribution in [1.82, 2.24) is 15.6 Å². The van der Waals surface area contributed by atoms with Gasteiger partial charge in [0.15, 0.2) is 0 Å². The van der Waals surface area contributed by atoms with Gasteiger partial charge in [0.05, 0.1) is 0 Å². The molecule has 1 atom stereocenters. The van der Waals surface area contributed by atoms with Gasteiger partial charge in [-0.25, -0.2) is 4.79 Å². The van der Waals surface area contributed by atoms with Crippen LogP contribution in [-0.2, 0) is 20.7 Å². The molecule has 0 fully saturated rings. The highest BCUT2D eigenvalue weighted by molar-refractivity contribution is 5.97. The Hall–Kier alpha value is -3.61. The van der Waals surface area contributed by atoms with Crippen LogP contribution in [0.15, 0.2) is 60.8 Å². The predicted molar refractivity (Wildman–Crippen MR) is 109 cm³/mol. The summed E-state index contributed by atoms with van der Waals surface area (Å²) in [7, 11) is 0. The molecule has 0 bridgehead atoms. The van der Waals surface area contributed by atoms with E-state index in [2.05, 4.69) is 15.6 Å². The number of carbonyl (C=O) groups excluding carboxylic acids is 3. The molecule has 3 amide bonds. The van der Waals surface area contributed by atoms with Gasteiger partial charge in [-0.2, -0.15) is 0 Å². The number of H-pyrrole nitrogens is 1. The number of esters is 1. The van der Waals surface area contributed by atoms with Crippen molar-refractivity contribution in [3.63, 3.8) is 0 Å². The van der Waals surface area contributed by atoms with Gasteiger partial charge in [0.2, 0.25) is 6.10 Å². The summed E-state index contributed by atoms with van der Waals surface area (Å²) in [6.45, 7) is 2.11. The van der Waals surface area contributed by atoms with Gasteiger partial charge < -0.3 is 15.0 Å². The summed E-state index contributed by atoms with van der Waals surface area (Å²) in [5.74, 6) is -1.21. The van der Waals surface area contributed by atoms with E-state index >= 15 is 0 Å². The fraction of sp³-hybridized carbons (Fsp3) is 0.227. The number of aryl methyl sites for hydroxylation is 1. The highest BCUT2D eigenvalue weighted by atomic mass is 16.5. The third-order valence-corrected chi connectivity index (χ3v) is 4.44. The van der Waals surface area contributed by atoms with Crippen molar-refractivity contribution >= 4 is 28.8 Å². The molecule has 0 saturated carbocycles. The molecular weight excluding hydrogens is 370 g/mol. The fourth-order valence-electron chi connectivity index (χ4n) is 3.05. The molecule has 0 aliphatic rings. The normalized spacial score (nSPS) is 11.6. The fourth-order valence-corrected chi connectivity index (χ4v) is 3.05. The minimum Gasteiger partial charge on any atom is -0.447 e. The molecule has 150 valence electrons. The van der Waals surface area contributed by atoms with Crippen LogP contribution in [0.4, 0.5) is 4.79 Å². The largest absolute Gasteiger partial charge is 0.447 e. The summed E-state index contributed by atoms with van der Waals surface area (Å²) >= 11 is 0. The molecule has 3 aromatic rings. The Morgan fingerprint density at radius 2 is 1.76 bits per heavy atom. The Balaban J connectivity index is 1.67. The zero-order chi connectivity index (χ0) is 20.6. The number of hydrogen-bond donors (Lipinski definition) is 3. The molecule has 0 aliphatic heterocycles. The number of nitrogens with one attached hydrogen (secondary N) is 3. The highest BCUT2D eigenvalue weighted by Gasteiger charge is 2.26. The number of benzene rings is 2. The Morgan fingerprint density at radius 1 is 1.03 bits per heavy atom. The smallest absolute Gasteiger partial charge is 0.321 e. The van der Waals surface area contributed by atoms with Crippen molar-refractivity contribution in [2.45, 2.75) is 25.9 Å². The van der Waals surface area contributed by atoms with Crippen LogP contribution in [0.3, 0.4) is 0 Å². The second kappa shape index (κ2) is 9.54. The van der Waals surface area contributed by atoms with Crippen molar-refractivity contribution in [2.75, 3.05) is 6.54 Å². The zero-order valence-corrected chi connectivity index (χ0v) is 16.1. The van der Waals surface area contributed by atoms with Crippen LogP contribution < -0.4 is 10.6 Å². The number of carbonyl (C=O) groups is 3. The predicted octanol–water partition coefficient (Wildman–Crippen LogP) is 3.23. The summed E-state index contributed by atoms with van der Waals surface area (Å²) < 4.78 is 5.45. The first-order valence-corrected chi connectivity index (χ1v) is 9.46. The quantitative estimate of drug-likeness (QED) is 0.537. The lowest BCUT2D eigenvalue weighted by Crippen LogP contribution is -2.42. The molecule has 0 spiro atoms. The van der Waals surface area contributed by atoms with E-state index in [-0.39, 0.29) is 6.42 Å². The van der Waals surface area contributed by atoms with E-state index in [1.54, 1.807) is 37.3 Å². The van der Waals surface area contributed by atoms with Crippen LogP contribution in [0.25, 0.3) is 10.9 Å². The van der Waals surface area contributed by atoms with Gasteiger partial charge in [-0.15, -0.1) is 0 Å². The molecular formula is C22H23N3O4. The van der Waals surface area contributed by atoms with Crippen LogP contribution in [0.2, 0.25) is 0 Å². The minimum absolute atomic E-state index is 0.111. The number of imide groups is 1. The number of hydrogen-bond acceptors (Lipinski definition) is 4. The first-order chi connectivity index (χ1) is 14.1. The van der Waals surface area contributed by atoms with Gasteiger partial charge in [0.1, 0.15) is 0 Å².